The molecule has 242 valence electrons. The topological polar surface area (TPSA) is 140 Å². The number of carbonyl (C=O) groups excluding carboxylic acids is 2. The van der Waals surface area contributed by atoms with E-state index in [4.69, 9.17) is 9.72 Å². The van der Waals surface area contributed by atoms with Crippen molar-refractivity contribution in [2.75, 3.05) is 6.61 Å². The first-order chi connectivity index (χ1) is 21.5. The molecule has 1 aliphatic heterocycles. The number of hydrogen-bond donors (Lipinski definition) is 2. The van der Waals surface area contributed by atoms with Crippen LogP contribution in [0.2, 0.25) is 0 Å². The molecule has 2 saturated carbocycles. The summed E-state index contributed by atoms with van der Waals surface area (Å²) >= 11 is 0. The summed E-state index contributed by atoms with van der Waals surface area (Å²) in [6.07, 6.45) is 4.36. The molecule has 2 unspecified atom stereocenters. The van der Waals surface area contributed by atoms with Gasteiger partial charge < -0.3 is 20.3 Å². The van der Waals surface area contributed by atoms with Gasteiger partial charge in [0.15, 0.2) is 11.3 Å². The van der Waals surface area contributed by atoms with E-state index >= 15 is 8.78 Å². The number of carbonyl (C=O) groups is 2. The fourth-order valence-electron chi connectivity index (χ4n) is 6.61. The first-order valence-corrected chi connectivity index (χ1v) is 15.4. The van der Waals surface area contributed by atoms with Crippen molar-refractivity contribution in [3.05, 3.63) is 41.1 Å². The predicted molar refractivity (Wildman–Crippen MR) is 166 cm³/mol. The second-order valence-corrected chi connectivity index (χ2v) is 13.7. The van der Waals surface area contributed by atoms with Gasteiger partial charge in [-0.1, -0.05) is 5.16 Å². The molecule has 0 aromatic carbocycles. The summed E-state index contributed by atoms with van der Waals surface area (Å²) in [5, 5.41) is 13.4. The van der Waals surface area contributed by atoms with E-state index in [1.54, 1.807) is 19.2 Å². The Bertz CT molecular complexity index is 1640. The lowest BCUT2D eigenvalue weighted by Crippen LogP contribution is -2.83. The van der Waals surface area contributed by atoms with Crippen LogP contribution in [0.1, 0.15) is 78.0 Å². The number of urea groups is 1. The van der Waals surface area contributed by atoms with Crippen LogP contribution in [-0.2, 0) is 4.74 Å². The number of halogens is 4. The van der Waals surface area contributed by atoms with Crippen molar-refractivity contribution >= 4 is 49.0 Å². The zero-order valence-electron chi connectivity index (χ0n) is 26.3. The van der Waals surface area contributed by atoms with Crippen molar-refractivity contribution in [3.63, 3.8) is 0 Å². The van der Waals surface area contributed by atoms with Crippen LogP contribution >= 0.6 is 0 Å². The Kier molecular flexibility index (Phi) is 7.96. The molecule has 6 rings (SSSR count). The number of rotatable bonds is 9. The highest BCUT2D eigenvalue weighted by Gasteiger charge is 2.65. The lowest BCUT2D eigenvalue weighted by atomic mass is 9.43. The normalized spacial score (nSPS) is 23.5. The molecule has 46 heavy (non-hydrogen) atoms. The maximum absolute atomic E-state index is 15.8. The van der Waals surface area contributed by atoms with Crippen molar-refractivity contribution in [2.45, 2.75) is 86.2 Å². The molecular weight excluding hydrogens is 608 g/mol. The largest absolute Gasteiger partial charge is 0.376 e. The molecule has 12 nitrogen and oxygen atoms in total. The molecule has 2 aliphatic carbocycles. The molecule has 4 heterocycles. The summed E-state index contributed by atoms with van der Waals surface area (Å²) in [5.41, 5.74) is 1.34. The first-order valence-electron chi connectivity index (χ1n) is 15.4. The number of amides is 3. The van der Waals surface area contributed by atoms with E-state index in [2.05, 4.69) is 30.7 Å². The molecule has 3 fully saturated rings. The molecule has 0 spiro atoms. The molecular formula is C26H34B4F4N8O4. The minimum absolute atomic E-state index is 0.0130. The third-order valence-corrected chi connectivity index (χ3v) is 9.57. The zero-order chi connectivity index (χ0) is 33.2. The van der Waals surface area contributed by atoms with Gasteiger partial charge in [-0.25, -0.2) is 36.5 Å². The van der Waals surface area contributed by atoms with Gasteiger partial charge in [-0.15, -0.1) is 0 Å². The average Bonchev–Trinajstić information content (AvgIpc) is 3.54. The van der Waals surface area contributed by atoms with Gasteiger partial charge in [0.05, 0.1) is 42.9 Å². The van der Waals surface area contributed by atoms with Gasteiger partial charge in [-0.2, -0.15) is 5.10 Å². The maximum Gasteiger partial charge on any atom is 0.316 e. The highest BCUT2D eigenvalue weighted by atomic mass is 19.3. The van der Waals surface area contributed by atoms with Crippen LogP contribution < -0.4 is 10.6 Å². The third-order valence-electron chi connectivity index (χ3n) is 9.57. The van der Waals surface area contributed by atoms with Gasteiger partial charge >= 0.3 is 6.03 Å². The van der Waals surface area contributed by atoms with E-state index in [0.717, 1.165) is 17.7 Å². The van der Waals surface area contributed by atoms with E-state index in [1.165, 1.54) is 42.1 Å². The Morgan fingerprint density at radius 1 is 1.15 bits per heavy atom. The molecule has 3 amide bonds. The van der Waals surface area contributed by atoms with Crippen LogP contribution in [0.5, 0.6) is 0 Å². The summed E-state index contributed by atoms with van der Waals surface area (Å²) in [6, 6.07) is -0.734. The fourth-order valence-corrected chi connectivity index (χ4v) is 6.61. The first kappa shape index (κ1) is 32.4. The van der Waals surface area contributed by atoms with E-state index in [1.807, 2.05) is 0 Å². The summed E-state index contributed by atoms with van der Waals surface area (Å²) < 4.78 is 71.9. The minimum Gasteiger partial charge on any atom is -0.376 e. The number of nitrogens with zero attached hydrogens (tertiary/aromatic N) is 6. The number of fused-ring (bicyclic) bond motifs is 1. The van der Waals surface area contributed by atoms with Crippen molar-refractivity contribution in [1.29, 1.82) is 0 Å². The van der Waals surface area contributed by atoms with Gasteiger partial charge in [-0.05, 0) is 49.7 Å². The Morgan fingerprint density at radius 2 is 1.85 bits per heavy atom. The molecule has 2 atom stereocenters. The number of nitrogens with one attached hydrogen (secondary N) is 2. The van der Waals surface area contributed by atoms with Crippen molar-refractivity contribution in [3.8, 4) is 0 Å². The van der Waals surface area contributed by atoms with Crippen LogP contribution in [0.4, 0.5) is 22.4 Å². The van der Waals surface area contributed by atoms with Crippen LogP contribution in [0.3, 0.4) is 0 Å². The standard InChI is InChI=1S/C26H34B4F4N8O4/c1-12-19(40-46-39-12)21(43)37-20(13-4-6-23(31,32)7-5-13)16-10-41-18(36-16)8-14(9-35-41)17(11-45-15-2-3-15)42-22(44)38-25(27,28)24(33,34)26(42,29)30/h8-10,13,15,17,20H,2-7,11,27-30H2,1H3,(H,37,43)(H,38,44). The molecule has 3 aromatic rings. The van der Waals surface area contributed by atoms with Crippen molar-refractivity contribution in [1.82, 2.24) is 40.4 Å². The Morgan fingerprint density at radius 3 is 2.48 bits per heavy atom. The van der Waals surface area contributed by atoms with Gasteiger partial charge in [0.25, 0.3) is 11.8 Å². The van der Waals surface area contributed by atoms with E-state index in [0.29, 0.717) is 16.9 Å². The fraction of sp³-hybridized carbons (Fsp3) is 0.615. The van der Waals surface area contributed by atoms with Crippen LogP contribution in [0, 0.1) is 12.8 Å². The molecule has 3 aromatic heterocycles. The number of ether oxygens (including phenoxy) is 1. The maximum atomic E-state index is 15.8. The molecule has 2 N–H and O–H groups in total. The quantitative estimate of drug-likeness (QED) is 0.234. The van der Waals surface area contributed by atoms with Crippen molar-refractivity contribution < 1.29 is 36.5 Å². The van der Waals surface area contributed by atoms with Gasteiger partial charge in [0.2, 0.25) is 5.92 Å². The van der Waals surface area contributed by atoms with Crippen molar-refractivity contribution in [2.24, 2.45) is 5.92 Å². The van der Waals surface area contributed by atoms with Gasteiger partial charge in [-0.3, -0.25) is 4.79 Å². The lowest BCUT2D eigenvalue weighted by molar-refractivity contribution is -0.109. The third kappa shape index (κ3) is 5.77. The number of alkyl halides is 4. The van der Waals surface area contributed by atoms with Crippen LogP contribution in [0.15, 0.2) is 23.1 Å². The zero-order valence-corrected chi connectivity index (χ0v) is 26.3. The second-order valence-electron chi connectivity index (χ2n) is 13.7. The monoisotopic (exact) mass is 642 g/mol. The Labute approximate surface area is 265 Å². The highest BCUT2D eigenvalue weighted by Crippen LogP contribution is 2.44. The lowest BCUT2D eigenvalue weighted by Gasteiger charge is -2.57. The van der Waals surface area contributed by atoms with Crippen LogP contribution in [-0.4, -0.2) is 108 Å². The van der Waals surface area contributed by atoms with E-state index in [9.17, 15) is 18.4 Å². The number of imidazole rings is 1. The Balaban J connectivity index is 1.36. The Hall–Kier alpha value is -3.56. The molecule has 1 saturated heterocycles. The average molecular weight is 642 g/mol. The predicted octanol–water partition coefficient (Wildman–Crippen LogP) is -0.562. The molecule has 3 aliphatic rings. The minimum atomic E-state index is -3.33. The number of hydrogen-bond acceptors (Lipinski definition) is 8. The molecule has 0 radical (unpaired) electrons. The molecule has 20 heteroatoms. The van der Waals surface area contributed by atoms with Gasteiger partial charge in [0, 0.05) is 29.1 Å². The number of aryl methyl sites for hydroxylation is 1. The summed E-state index contributed by atoms with van der Waals surface area (Å²) in [5.74, 6) is -7.07. The number of aromatic nitrogens is 5. The second kappa shape index (κ2) is 11.3. The molecule has 0 bridgehead atoms. The SMILES string of the molecule is BC1(B)NC(=O)N(C(COC2CC2)c2cnn3cc(C(NC(=O)c4nonc4C)C4CCC(F)(F)CC4)nc3c2)C(B)(B)C1(F)F. The van der Waals surface area contributed by atoms with E-state index in [-0.39, 0.29) is 55.7 Å². The van der Waals surface area contributed by atoms with E-state index < -0.39 is 46.5 Å². The smallest absolute Gasteiger partial charge is 0.316 e. The van der Waals surface area contributed by atoms with Crippen LogP contribution in [0.25, 0.3) is 5.65 Å². The highest BCUT2D eigenvalue weighted by molar-refractivity contribution is 6.48. The summed E-state index contributed by atoms with van der Waals surface area (Å²) in [4.78, 5) is 32.4. The summed E-state index contributed by atoms with van der Waals surface area (Å²) in [6.45, 7) is 1.52. The van der Waals surface area contributed by atoms with Gasteiger partial charge in [0.1, 0.15) is 37.1 Å². The summed E-state index contributed by atoms with van der Waals surface area (Å²) in [7, 11) is 5.26.